The number of hydrogen-bond donors (Lipinski definition) is 1. The Bertz CT molecular complexity index is 583. The molecule has 20 heavy (non-hydrogen) atoms. The molecule has 0 aliphatic heterocycles. The van der Waals surface area contributed by atoms with Crippen LogP contribution in [0.5, 0.6) is 11.8 Å². The van der Waals surface area contributed by atoms with Gasteiger partial charge in [-0.05, 0) is 26.0 Å². The average molecular weight is 295 g/mol. The minimum Gasteiger partial charge on any atom is -0.421 e. The molecule has 0 saturated carbocycles. The van der Waals surface area contributed by atoms with Crippen molar-refractivity contribution in [2.45, 2.75) is 26.8 Å². The maximum Gasteiger partial charge on any atom is 0.221 e. The van der Waals surface area contributed by atoms with Crippen LogP contribution in [0.15, 0.2) is 18.2 Å². The number of nitrogens with one attached hydrogen (secondary N) is 1. The quantitative estimate of drug-likeness (QED) is 0.832. The van der Waals surface area contributed by atoms with E-state index in [9.17, 15) is 0 Å². The second-order valence-electron chi connectivity index (χ2n) is 4.60. The van der Waals surface area contributed by atoms with E-state index in [1.54, 1.807) is 16.8 Å². The van der Waals surface area contributed by atoms with Crippen molar-refractivity contribution in [3.05, 3.63) is 34.6 Å². The fourth-order valence-electron chi connectivity index (χ4n) is 1.82. The first-order valence-electron chi connectivity index (χ1n) is 6.64. The van der Waals surface area contributed by atoms with Gasteiger partial charge in [-0.1, -0.05) is 18.5 Å². The summed E-state index contributed by atoms with van der Waals surface area (Å²) in [7, 11) is 1.84. The molecule has 0 aliphatic carbocycles. The van der Waals surface area contributed by atoms with E-state index in [0.29, 0.717) is 23.3 Å². The molecule has 1 N–H and O–H groups in total. The summed E-state index contributed by atoms with van der Waals surface area (Å²) in [6, 6.07) is 5.43. The van der Waals surface area contributed by atoms with Gasteiger partial charge < -0.3 is 10.1 Å². The summed E-state index contributed by atoms with van der Waals surface area (Å²) < 4.78 is 7.42. The second-order valence-corrected chi connectivity index (χ2v) is 5.01. The van der Waals surface area contributed by atoms with Crippen LogP contribution in [-0.4, -0.2) is 21.3 Å². The Balaban J connectivity index is 2.12. The number of halogens is 1. The summed E-state index contributed by atoms with van der Waals surface area (Å²) in [4.78, 5) is 4.43. The molecule has 0 saturated heterocycles. The van der Waals surface area contributed by atoms with Crippen molar-refractivity contribution in [2.24, 2.45) is 7.05 Å². The third-order valence-corrected chi connectivity index (χ3v) is 3.12. The summed E-state index contributed by atoms with van der Waals surface area (Å²) in [5.74, 6) is 1.18. The monoisotopic (exact) mass is 294 g/mol. The van der Waals surface area contributed by atoms with Gasteiger partial charge in [0.25, 0.3) is 0 Å². The lowest BCUT2D eigenvalue weighted by Crippen LogP contribution is -2.15. The van der Waals surface area contributed by atoms with Crippen molar-refractivity contribution < 1.29 is 4.74 Å². The summed E-state index contributed by atoms with van der Waals surface area (Å²) in [6.07, 6.45) is 1.07. The third-order valence-electron chi connectivity index (χ3n) is 2.78. The molecule has 0 fully saturated rings. The van der Waals surface area contributed by atoms with Crippen molar-refractivity contribution in [1.29, 1.82) is 0 Å². The first-order valence-corrected chi connectivity index (χ1v) is 7.02. The largest absolute Gasteiger partial charge is 0.421 e. The van der Waals surface area contributed by atoms with E-state index in [-0.39, 0.29) is 0 Å². The van der Waals surface area contributed by atoms with Crippen LogP contribution in [0.4, 0.5) is 0 Å². The Morgan fingerprint density at radius 3 is 2.85 bits per heavy atom. The molecule has 0 atom stereocenters. The van der Waals surface area contributed by atoms with Crippen molar-refractivity contribution in [3.8, 4) is 11.8 Å². The molecule has 0 bridgehead atoms. The SMILES string of the molecule is CCCNCc1nc(Oc2cc(C)nn2C)ccc1Cl. The second kappa shape index (κ2) is 6.72. The summed E-state index contributed by atoms with van der Waals surface area (Å²) in [6.45, 7) is 5.60. The van der Waals surface area contributed by atoms with Crippen molar-refractivity contribution in [2.75, 3.05) is 6.54 Å². The predicted molar refractivity (Wildman–Crippen MR) is 79.3 cm³/mol. The molecule has 0 amide bonds. The van der Waals surface area contributed by atoms with E-state index in [2.05, 4.69) is 22.3 Å². The molecule has 0 unspecified atom stereocenters. The van der Waals surface area contributed by atoms with Crippen LogP contribution >= 0.6 is 11.6 Å². The third kappa shape index (κ3) is 3.71. The number of aromatic nitrogens is 3. The molecule has 6 heteroatoms. The first kappa shape index (κ1) is 14.8. The van der Waals surface area contributed by atoms with Crippen LogP contribution in [0.3, 0.4) is 0 Å². The molecule has 2 aromatic rings. The normalized spacial score (nSPS) is 10.8. The van der Waals surface area contributed by atoms with E-state index < -0.39 is 0 Å². The molecule has 0 radical (unpaired) electrons. The molecule has 5 nitrogen and oxygen atoms in total. The Kier molecular flexibility index (Phi) is 4.98. The molecule has 2 heterocycles. The lowest BCUT2D eigenvalue weighted by atomic mass is 10.3. The lowest BCUT2D eigenvalue weighted by Gasteiger charge is -2.08. The zero-order valence-corrected chi connectivity index (χ0v) is 12.7. The number of hydrogen-bond acceptors (Lipinski definition) is 4. The summed E-state index contributed by atoms with van der Waals surface area (Å²) in [5, 5.41) is 8.15. The molecule has 108 valence electrons. The number of nitrogens with zero attached hydrogens (tertiary/aromatic N) is 3. The van der Waals surface area contributed by atoms with Gasteiger partial charge in [-0.3, -0.25) is 0 Å². The molecule has 2 rings (SSSR count). The van der Waals surface area contributed by atoms with Gasteiger partial charge >= 0.3 is 0 Å². The molecule has 0 spiro atoms. The van der Waals surface area contributed by atoms with Gasteiger partial charge in [0.05, 0.1) is 16.4 Å². The molecular weight excluding hydrogens is 276 g/mol. The fourth-order valence-corrected chi connectivity index (χ4v) is 1.99. The van der Waals surface area contributed by atoms with Crippen molar-refractivity contribution in [3.63, 3.8) is 0 Å². The van der Waals surface area contributed by atoms with E-state index >= 15 is 0 Å². The average Bonchev–Trinajstić information content (AvgIpc) is 2.72. The van der Waals surface area contributed by atoms with Crippen LogP contribution in [0.25, 0.3) is 0 Å². The highest BCUT2D eigenvalue weighted by atomic mass is 35.5. The van der Waals surface area contributed by atoms with E-state index in [4.69, 9.17) is 16.3 Å². The zero-order chi connectivity index (χ0) is 14.5. The van der Waals surface area contributed by atoms with Gasteiger partial charge in [-0.15, -0.1) is 0 Å². The Morgan fingerprint density at radius 2 is 2.20 bits per heavy atom. The van der Waals surface area contributed by atoms with Crippen molar-refractivity contribution >= 4 is 11.6 Å². The Hall–Kier alpha value is -1.59. The smallest absolute Gasteiger partial charge is 0.221 e. The van der Waals surface area contributed by atoms with Gasteiger partial charge in [-0.25, -0.2) is 9.67 Å². The highest BCUT2D eigenvalue weighted by Crippen LogP contribution is 2.23. The van der Waals surface area contributed by atoms with Gasteiger partial charge in [0.1, 0.15) is 0 Å². The van der Waals surface area contributed by atoms with Crippen LogP contribution in [-0.2, 0) is 13.6 Å². The van der Waals surface area contributed by atoms with Gasteiger partial charge in [0, 0.05) is 25.7 Å². The number of pyridine rings is 1. The Labute approximate surface area is 123 Å². The Morgan fingerprint density at radius 1 is 1.40 bits per heavy atom. The lowest BCUT2D eigenvalue weighted by molar-refractivity contribution is 0.413. The van der Waals surface area contributed by atoms with Crippen LogP contribution in [0.1, 0.15) is 24.7 Å². The highest BCUT2D eigenvalue weighted by molar-refractivity contribution is 6.31. The maximum atomic E-state index is 6.14. The minimum absolute atomic E-state index is 0.519. The van der Waals surface area contributed by atoms with E-state index in [1.165, 1.54) is 0 Å². The van der Waals surface area contributed by atoms with E-state index in [0.717, 1.165) is 24.4 Å². The van der Waals surface area contributed by atoms with Gasteiger partial charge in [-0.2, -0.15) is 5.10 Å². The molecule has 0 aliphatic rings. The topological polar surface area (TPSA) is 52.0 Å². The number of ether oxygens (including phenoxy) is 1. The molecule has 0 aromatic carbocycles. The summed E-state index contributed by atoms with van der Waals surface area (Å²) in [5.41, 5.74) is 1.69. The minimum atomic E-state index is 0.519. The van der Waals surface area contributed by atoms with Crippen LogP contribution in [0, 0.1) is 6.92 Å². The van der Waals surface area contributed by atoms with E-state index in [1.807, 2.05) is 20.0 Å². The standard InChI is InChI=1S/C14H19ClN4O/c1-4-7-16-9-12-11(15)5-6-13(17-12)20-14-8-10(2)18-19(14)3/h5-6,8,16H,4,7,9H2,1-3H3. The van der Waals surface area contributed by atoms with Crippen LogP contribution in [0.2, 0.25) is 5.02 Å². The maximum absolute atomic E-state index is 6.14. The fraction of sp³-hybridized carbons (Fsp3) is 0.429. The number of aryl methyl sites for hydroxylation is 2. The first-order chi connectivity index (χ1) is 9.60. The highest BCUT2D eigenvalue weighted by Gasteiger charge is 2.08. The predicted octanol–water partition coefficient (Wildman–Crippen LogP) is 3.07. The number of rotatable bonds is 6. The van der Waals surface area contributed by atoms with Gasteiger partial charge in [0.15, 0.2) is 0 Å². The molecular formula is C14H19ClN4O. The van der Waals surface area contributed by atoms with Gasteiger partial charge in [0.2, 0.25) is 11.8 Å². The summed E-state index contributed by atoms with van der Waals surface area (Å²) >= 11 is 6.14. The van der Waals surface area contributed by atoms with Crippen molar-refractivity contribution in [1.82, 2.24) is 20.1 Å². The zero-order valence-electron chi connectivity index (χ0n) is 12.0. The molecule has 2 aromatic heterocycles. The van der Waals surface area contributed by atoms with Crippen LogP contribution < -0.4 is 10.1 Å².